The molecule has 0 amide bonds. The minimum Gasteiger partial charge on any atom is -0.322 e. The summed E-state index contributed by atoms with van der Waals surface area (Å²) in [6, 6.07) is 0.135. The van der Waals surface area contributed by atoms with Gasteiger partial charge in [0, 0.05) is 4.88 Å². The lowest BCUT2D eigenvalue weighted by Crippen LogP contribution is -2.09. The van der Waals surface area contributed by atoms with E-state index < -0.39 is 0 Å². The predicted molar refractivity (Wildman–Crippen MR) is 62.8 cm³/mol. The molecule has 1 atom stereocenters. The minimum atomic E-state index is 0.135. The van der Waals surface area contributed by atoms with E-state index in [0.717, 1.165) is 17.8 Å². The molecule has 0 saturated carbocycles. The van der Waals surface area contributed by atoms with E-state index in [-0.39, 0.29) is 6.04 Å². The number of nitrogens with two attached hydrogens (primary N) is 1. The van der Waals surface area contributed by atoms with E-state index in [1.807, 2.05) is 0 Å². The van der Waals surface area contributed by atoms with E-state index in [1.54, 1.807) is 11.3 Å². The van der Waals surface area contributed by atoms with Gasteiger partial charge in [0.05, 0.1) is 11.7 Å². The molecule has 0 radical (unpaired) electrons. The summed E-state index contributed by atoms with van der Waals surface area (Å²) >= 11 is 1.75. The van der Waals surface area contributed by atoms with Gasteiger partial charge in [-0.1, -0.05) is 27.2 Å². The second kappa shape index (κ2) is 4.89. The van der Waals surface area contributed by atoms with Crippen molar-refractivity contribution >= 4 is 11.3 Å². The maximum absolute atomic E-state index is 6.04. The molecule has 0 aromatic carbocycles. The number of rotatable bonds is 4. The highest BCUT2D eigenvalue weighted by Crippen LogP contribution is 2.28. The lowest BCUT2D eigenvalue weighted by atomic mass is 10.1. The van der Waals surface area contributed by atoms with E-state index in [0.29, 0.717) is 5.92 Å². The molecule has 0 spiro atoms. The van der Waals surface area contributed by atoms with Crippen LogP contribution in [0.5, 0.6) is 0 Å². The summed E-state index contributed by atoms with van der Waals surface area (Å²) in [4.78, 5) is 5.94. The van der Waals surface area contributed by atoms with Crippen molar-refractivity contribution in [1.29, 1.82) is 0 Å². The first-order valence-electron chi connectivity index (χ1n) is 5.29. The van der Waals surface area contributed by atoms with Crippen LogP contribution in [0.15, 0.2) is 0 Å². The van der Waals surface area contributed by atoms with Gasteiger partial charge in [-0.05, 0) is 19.3 Å². The molecule has 1 unspecified atom stereocenters. The van der Waals surface area contributed by atoms with Crippen LogP contribution in [0.1, 0.15) is 61.2 Å². The van der Waals surface area contributed by atoms with Crippen LogP contribution in [0.25, 0.3) is 0 Å². The highest BCUT2D eigenvalue weighted by molar-refractivity contribution is 7.11. The highest BCUT2D eigenvalue weighted by atomic mass is 32.1. The summed E-state index contributed by atoms with van der Waals surface area (Å²) in [5.41, 5.74) is 7.25. The van der Waals surface area contributed by atoms with Crippen LogP contribution in [-0.4, -0.2) is 4.98 Å². The predicted octanol–water partition coefficient (Wildman–Crippen LogP) is 3.37. The maximum Gasteiger partial charge on any atom is 0.110 e. The van der Waals surface area contributed by atoms with E-state index in [1.165, 1.54) is 10.6 Å². The molecule has 0 aliphatic rings. The Morgan fingerprint density at radius 1 is 1.43 bits per heavy atom. The Hall–Kier alpha value is -0.410. The van der Waals surface area contributed by atoms with Crippen LogP contribution in [-0.2, 0) is 0 Å². The third kappa shape index (κ3) is 2.55. The molecular formula is C11H20N2S. The number of thiazole rings is 1. The highest BCUT2D eigenvalue weighted by Gasteiger charge is 2.14. The largest absolute Gasteiger partial charge is 0.322 e. The van der Waals surface area contributed by atoms with Crippen molar-refractivity contribution in [3.8, 4) is 0 Å². The molecule has 0 aliphatic carbocycles. The van der Waals surface area contributed by atoms with Gasteiger partial charge in [-0.15, -0.1) is 11.3 Å². The lowest BCUT2D eigenvalue weighted by molar-refractivity contribution is 0.630. The molecule has 1 heterocycles. The molecule has 3 heteroatoms. The zero-order valence-corrected chi connectivity index (χ0v) is 10.3. The van der Waals surface area contributed by atoms with E-state index in [2.05, 4.69) is 32.7 Å². The van der Waals surface area contributed by atoms with Gasteiger partial charge in [-0.3, -0.25) is 0 Å². The molecule has 2 N–H and O–H groups in total. The van der Waals surface area contributed by atoms with Gasteiger partial charge in [-0.25, -0.2) is 4.98 Å². The van der Waals surface area contributed by atoms with Gasteiger partial charge < -0.3 is 5.73 Å². The van der Waals surface area contributed by atoms with Crippen molar-refractivity contribution in [2.75, 3.05) is 0 Å². The van der Waals surface area contributed by atoms with Crippen LogP contribution in [0.3, 0.4) is 0 Å². The van der Waals surface area contributed by atoms with E-state index in [4.69, 9.17) is 5.73 Å². The van der Waals surface area contributed by atoms with Crippen LogP contribution < -0.4 is 5.73 Å². The molecule has 14 heavy (non-hydrogen) atoms. The Kier molecular flexibility index (Phi) is 4.08. The summed E-state index contributed by atoms with van der Waals surface area (Å²) < 4.78 is 0. The Bertz CT molecular complexity index is 291. The fraction of sp³-hybridized carbons (Fsp3) is 0.727. The third-order valence-corrected chi connectivity index (χ3v) is 3.43. The number of aromatic nitrogens is 1. The van der Waals surface area contributed by atoms with Crippen molar-refractivity contribution < 1.29 is 0 Å². The summed E-state index contributed by atoms with van der Waals surface area (Å²) in [5.74, 6) is 0.508. The van der Waals surface area contributed by atoms with Crippen molar-refractivity contribution in [3.05, 3.63) is 15.6 Å². The van der Waals surface area contributed by atoms with Crippen molar-refractivity contribution in [1.82, 2.24) is 4.98 Å². The standard InChI is InChI=1S/C11H20N2S/c1-5-6-9(12)11-13-10(7(2)3)8(4)14-11/h7,9H,5-6,12H2,1-4H3. The van der Waals surface area contributed by atoms with Gasteiger partial charge in [0.15, 0.2) is 0 Å². The number of nitrogens with zero attached hydrogens (tertiary/aromatic N) is 1. The first-order chi connectivity index (χ1) is 6.56. The molecule has 2 nitrogen and oxygen atoms in total. The molecule has 0 aliphatic heterocycles. The number of aryl methyl sites for hydroxylation is 1. The monoisotopic (exact) mass is 212 g/mol. The van der Waals surface area contributed by atoms with Gasteiger partial charge in [0.2, 0.25) is 0 Å². The Morgan fingerprint density at radius 2 is 2.07 bits per heavy atom. The van der Waals surface area contributed by atoms with Crippen LogP contribution in [0.4, 0.5) is 0 Å². The molecule has 0 fully saturated rings. The molecule has 1 aromatic heterocycles. The van der Waals surface area contributed by atoms with Crippen molar-refractivity contribution in [2.24, 2.45) is 5.73 Å². The second-order valence-electron chi connectivity index (χ2n) is 4.04. The summed E-state index contributed by atoms with van der Waals surface area (Å²) in [6.07, 6.45) is 2.15. The molecular weight excluding hydrogens is 192 g/mol. The second-order valence-corrected chi connectivity index (χ2v) is 5.28. The minimum absolute atomic E-state index is 0.135. The third-order valence-electron chi connectivity index (χ3n) is 2.31. The van der Waals surface area contributed by atoms with Crippen molar-refractivity contribution in [3.63, 3.8) is 0 Å². The van der Waals surface area contributed by atoms with Crippen LogP contribution >= 0.6 is 11.3 Å². The average molecular weight is 212 g/mol. The lowest BCUT2D eigenvalue weighted by Gasteiger charge is -2.05. The molecule has 80 valence electrons. The van der Waals surface area contributed by atoms with Crippen LogP contribution in [0.2, 0.25) is 0 Å². The summed E-state index contributed by atoms with van der Waals surface area (Å²) in [7, 11) is 0. The van der Waals surface area contributed by atoms with Crippen molar-refractivity contribution in [2.45, 2.75) is 52.5 Å². The first kappa shape index (κ1) is 11.7. The van der Waals surface area contributed by atoms with E-state index in [9.17, 15) is 0 Å². The zero-order valence-electron chi connectivity index (χ0n) is 9.50. The molecule has 0 bridgehead atoms. The Morgan fingerprint density at radius 3 is 2.50 bits per heavy atom. The van der Waals surface area contributed by atoms with Gasteiger partial charge in [0.25, 0.3) is 0 Å². The fourth-order valence-corrected chi connectivity index (χ4v) is 2.67. The Labute approximate surface area is 90.6 Å². The summed E-state index contributed by atoms with van der Waals surface area (Å²) in [5, 5.41) is 1.10. The fourth-order valence-electron chi connectivity index (χ4n) is 1.56. The van der Waals surface area contributed by atoms with Crippen LogP contribution in [0, 0.1) is 6.92 Å². The Balaban J connectivity index is 2.85. The maximum atomic E-state index is 6.04. The summed E-state index contributed by atoms with van der Waals surface area (Å²) in [6.45, 7) is 8.65. The number of hydrogen-bond acceptors (Lipinski definition) is 3. The smallest absolute Gasteiger partial charge is 0.110 e. The van der Waals surface area contributed by atoms with Gasteiger partial charge in [0.1, 0.15) is 5.01 Å². The topological polar surface area (TPSA) is 38.9 Å². The molecule has 0 saturated heterocycles. The SMILES string of the molecule is CCCC(N)c1nc(C(C)C)c(C)s1. The number of hydrogen-bond donors (Lipinski definition) is 1. The van der Waals surface area contributed by atoms with Gasteiger partial charge in [-0.2, -0.15) is 0 Å². The molecule has 1 aromatic rings. The normalized spacial score (nSPS) is 13.6. The zero-order chi connectivity index (χ0) is 10.7. The van der Waals surface area contributed by atoms with E-state index >= 15 is 0 Å². The quantitative estimate of drug-likeness (QED) is 0.831. The first-order valence-corrected chi connectivity index (χ1v) is 6.10. The van der Waals surface area contributed by atoms with Gasteiger partial charge >= 0.3 is 0 Å². The molecule has 1 rings (SSSR count). The average Bonchev–Trinajstić information content (AvgIpc) is 2.48.